The van der Waals surface area contributed by atoms with Crippen LogP contribution in [0.4, 0.5) is 34.1 Å². The van der Waals surface area contributed by atoms with Gasteiger partial charge in [0.15, 0.2) is 5.69 Å². The zero-order valence-electron chi connectivity index (χ0n) is 26.2. The molecular formula is C32H24CrN8NaO8+. The molecule has 0 aliphatic rings. The van der Waals surface area contributed by atoms with Crippen LogP contribution in [0.1, 0.15) is 5.69 Å². The van der Waals surface area contributed by atoms with Crippen molar-refractivity contribution >= 4 is 44.9 Å². The Morgan fingerprint density at radius 1 is 0.660 bits per heavy atom. The van der Waals surface area contributed by atoms with Gasteiger partial charge in [0, 0.05) is 47.0 Å². The fraction of sp³-hybridized carbons (Fsp3) is 0.0312. The minimum atomic E-state index is -0.609. The summed E-state index contributed by atoms with van der Waals surface area (Å²) < 4.78 is 1.32. The van der Waals surface area contributed by atoms with Crippen molar-refractivity contribution in [1.82, 2.24) is 9.78 Å². The van der Waals surface area contributed by atoms with Gasteiger partial charge in [0.05, 0.1) is 21.2 Å². The molecule has 4 N–H and O–H groups in total. The summed E-state index contributed by atoms with van der Waals surface area (Å²) in [6.45, 7) is 1.66. The number of aromatic nitrogens is 2. The molecule has 0 saturated heterocycles. The molecule has 0 amide bonds. The number of nitro benzene ring substituents is 2. The molecule has 0 radical (unpaired) electrons. The van der Waals surface area contributed by atoms with Crippen LogP contribution in [0.25, 0.3) is 16.5 Å². The summed E-state index contributed by atoms with van der Waals surface area (Å²) in [5.41, 5.74) is 0.379. The van der Waals surface area contributed by atoms with Crippen LogP contribution >= 0.6 is 0 Å². The summed E-state index contributed by atoms with van der Waals surface area (Å²) in [5.74, 6) is -0.581. The smallest absolute Gasteiger partial charge is 0.506 e. The van der Waals surface area contributed by atoms with Crippen LogP contribution in [-0.2, 0) is 17.4 Å². The van der Waals surface area contributed by atoms with Crippen LogP contribution in [0.3, 0.4) is 0 Å². The van der Waals surface area contributed by atoms with Gasteiger partial charge in [-0.2, -0.15) is 0 Å². The number of nitrogens with zero attached hydrogens (tertiary/aromatic N) is 7. The van der Waals surface area contributed by atoms with Gasteiger partial charge in [-0.1, -0.05) is 48.5 Å². The van der Waals surface area contributed by atoms with Crippen LogP contribution in [0, 0.1) is 27.2 Å². The molecule has 0 saturated carbocycles. The van der Waals surface area contributed by atoms with Gasteiger partial charge in [0.1, 0.15) is 34.3 Å². The molecule has 50 heavy (non-hydrogen) atoms. The summed E-state index contributed by atoms with van der Waals surface area (Å²) in [6, 6.07) is 26.3. The van der Waals surface area contributed by atoms with Crippen LogP contribution in [0.2, 0.25) is 0 Å². The van der Waals surface area contributed by atoms with Crippen molar-refractivity contribution in [3.8, 4) is 22.9 Å². The molecule has 6 rings (SSSR count). The summed E-state index contributed by atoms with van der Waals surface area (Å²) in [5, 5.41) is 70.9. The molecule has 6 aromatic rings. The Hall–Kier alpha value is -5.70. The summed E-state index contributed by atoms with van der Waals surface area (Å²) in [6.07, 6.45) is 0. The first-order chi connectivity index (χ1) is 23.0. The quantitative estimate of drug-likeness (QED) is 0.0749. The van der Waals surface area contributed by atoms with E-state index in [1.165, 1.54) is 22.9 Å². The van der Waals surface area contributed by atoms with Gasteiger partial charge in [0.2, 0.25) is 0 Å². The number of phenolic OH excluding ortho intramolecular Hbond substituents is 3. The van der Waals surface area contributed by atoms with Gasteiger partial charge >= 0.3 is 29.6 Å². The number of non-ortho nitro benzene ring substituents is 2. The number of para-hydroxylation sites is 1. The molecule has 246 valence electrons. The molecule has 16 nitrogen and oxygen atoms in total. The van der Waals surface area contributed by atoms with Gasteiger partial charge < -0.3 is 15.3 Å². The first kappa shape index (κ1) is 38.7. The maximum atomic E-state index is 12.5. The molecule has 1 aromatic heterocycles. The Bertz CT molecular complexity index is 2290. The third-order valence-corrected chi connectivity index (χ3v) is 6.79. The summed E-state index contributed by atoms with van der Waals surface area (Å²) >= 11 is 0. The number of nitrogens with one attached hydrogen (secondary N) is 1. The van der Waals surface area contributed by atoms with Crippen molar-refractivity contribution in [2.75, 3.05) is 0 Å². The van der Waals surface area contributed by atoms with Crippen LogP contribution in [0.15, 0.2) is 128 Å². The van der Waals surface area contributed by atoms with Gasteiger partial charge in [-0.3, -0.25) is 30.1 Å². The number of hydrogen-bond acceptors (Lipinski definition) is 12. The number of rotatable bonds is 7. The Morgan fingerprint density at radius 3 is 1.72 bits per heavy atom. The van der Waals surface area contributed by atoms with E-state index in [9.17, 15) is 40.3 Å². The number of aromatic hydroxyl groups is 3. The third-order valence-electron chi connectivity index (χ3n) is 6.79. The second-order valence-electron chi connectivity index (χ2n) is 9.98. The Morgan fingerprint density at radius 2 is 1.16 bits per heavy atom. The van der Waals surface area contributed by atoms with E-state index in [1.54, 1.807) is 49.4 Å². The van der Waals surface area contributed by atoms with E-state index in [0.717, 1.165) is 29.7 Å². The number of hydrogen-bond donors (Lipinski definition) is 4. The molecule has 1 heterocycles. The fourth-order valence-electron chi connectivity index (χ4n) is 4.38. The third kappa shape index (κ3) is 8.85. The number of aryl methyl sites for hydroxylation is 1. The Labute approximate surface area is 314 Å². The number of H-pyrrole nitrogens is 1. The van der Waals surface area contributed by atoms with E-state index in [0.29, 0.717) is 16.8 Å². The molecule has 0 fully saturated rings. The normalized spacial score (nSPS) is 10.7. The van der Waals surface area contributed by atoms with E-state index in [4.69, 9.17) is 0 Å². The van der Waals surface area contributed by atoms with Crippen LogP contribution in [-0.4, -0.2) is 34.9 Å². The number of benzene rings is 5. The maximum absolute atomic E-state index is 12.5. The fourth-order valence-corrected chi connectivity index (χ4v) is 4.38. The van der Waals surface area contributed by atoms with Crippen molar-refractivity contribution in [2.24, 2.45) is 20.5 Å². The average Bonchev–Trinajstić information content (AvgIpc) is 3.37. The predicted octanol–water partition coefficient (Wildman–Crippen LogP) is 5.08. The molecule has 0 unspecified atom stereocenters. The van der Waals surface area contributed by atoms with E-state index >= 15 is 0 Å². The maximum Gasteiger partial charge on any atom is 1.00 e. The van der Waals surface area contributed by atoms with E-state index in [-0.39, 0.29) is 98.3 Å². The second kappa shape index (κ2) is 17.1. The van der Waals surface area contributed by atoms with Crippen molar-refractivity contribution in [3.63, 3.8) is 0 Å². The van der Waals surface area contributed by atoms with Crippen LogP contribution < -0.4 is 35.1 Å². The van der Waals surface area contributed by atoms with E-state index < -0.39 is 15.4 Å². The van der Waals surface area contributed by atoms with Gasteiger partial charge in [-0.05, 0) is 42.6 Å². The zero-order chi connectivity index (χ0) is 34.4. The molecule has 0 spiro atoms. The SMILES string of the molecule is Cc1[nH]n(-c2ccccc2)c(=O)c1N=Nc1cc([N+](=O)[O-])ccc1O.O=[N+]([O-])c1ccc(O)c(N=Nc2c(O)ccc3ccccc23)c1.[Cr].[Na+]. The van der Waals surface area contributed by atoms with E-state index in [2.05, 4.69) is 25.6 Å². The first-order valence-corrected chi connectivity index (χ1v) is 13.9. The van der Waals surface area contributed by atoms with Gasteiger partial charge in [-0.15, -0.1) is 20.5 Å². The summed E-state index contributed by atoms with van der Waals surface area (Å²) in [4.78, 5) is 32.9. The number of nitro groups is 2. The first-order valence-electron chi connectivity index (χ1n) is 13.9. The molecule has 0 bridgehead atoms. The topological polar surface area (TPSA) is 234 Å². The molecule has 0 atom stereocenters. The minimum Gasteiger partial charge on any atom is -0.506 e. The average molecular weight is 724 g/mol. The molecule has 0 aliphatic heterocycles. The van der Waals surface area contributed by atoms with Crippen molar-refractivity contribution in [2.45, 2.75) is 6.92 Å². The standard InChI is InChI=1S/C16H13N5O4.C16H11N3O4.Cr.Na/c1-10-15(16(23)20(19-10)11-5-3-2-4-6-11)18-17-13-9-12(21(24)25)7-8-14(13)22;20-14-8-6-11(19(22)23)9-13(14)17-18-16-12-4-2-1-3-10(12)5-7-15(16)21;;/h2-9,19,22H,1H3;1-9,20-21H;;/q;;;+1. The largest absolute Gasteiger partial charge is 1.00 e. The molecule has 0 aliphatic carbocycles. The minimum absolute atomic E-state index is 0. The zero-order valence-corrected chi connectivity index (χ0v) is 29.5. The predicted molar refractivity (Wildman–Crippen MR) is 175 cm³/mol. The molecule has 18 heteroatoms. The van der Waals surface area contributed by atoms with Gasteiger partial charge in [-0.25, -0.2) is 4.68 Å². The Balaban J connectivity index is 0.000000261. The number of phenols is 3. The number of aromatic amines is 1. The van der Waals surface area contributed by atoms with E-state index in [1.807, 2.05) is 18.2 Å². The van der Waals surface area contributed by atoms with Crippen LogP contribution in [0.5, 0.6) is 17.2 Å². The monoisotopic (exact) mass is 723 g/mol. The number of azo groups is 2. The van der Waals surface area contributed by atoms with Crippen molar-refractivity contribution in [3.05, 3.63) is 139 Å². The van der Waals surface area contributed by atoms with Gasteiger partial charge in [0.25, 0.3) is 16.9 Å². The molecular weight excluding hydrogens is 699 g/mol. The Kier molecular flexibility index (Phi) is 13.3. The molecule has 5 aromatic carbocycles. The number of fused-ring (bicyclic) bond motifs is 1. The van der Waals surface area contributed by atoms with Crippen molar-refractivity contribution in [1.29, 1.82) is 0 Å². The summed E-state index contributed by atoms with van der Waals surface area (Å²) in [7, 11) is 0. The van der Waals surface area contributed by atoms with Crippen molar-refractivity contribution < 1.29 is 72.1 Å². The second-order valence-corrected chi connectivity index (χ2v) is 9.98.